The first-order valence-corrected chi connectivity index (χ1v) is 8.15. The molecule has 0 spiro atoms. The molecule has 1 aliphatic rings. The van der Waals surface area contributed by atoms with Crippen molar-refractivity contribution in [3.8, 4) is 6.07 Å². The fourth-order valence-electron chi connectivity index (χ4n) is 2.89. The van der Waals surface area contributed by atoms with Gasteiger partial charge in [-0.1, -0.05) is 26.7 Å². The van der Waals surface area contributed by atoms with E-state index in [2.05, 4.69) is 30.1 Å². The molecule has 1 fully saturated rings. The maximum Gasteiger partial charge on any atom is 0.106 e. The summed E-state index contributed by atoms with van der Waals surface area (Å²) in [5.74, 6) is 0. The number of rotatable bonds is 8. The van der Waals surface area contributed by atoms with Crippen LogP contribution in [-0.4, -0.2) is 36.6 Å². The van der Waals surface area contributed by atoms with Gasteiger partial charge in [-0.2, -0.15) is 5.26 Å². The van der Waals surface area contributed by atoms with E-state index in [1.807, 2.05) is 0 Å². The highest BCUT2D eigenvalue weighted by Crippen LogP contribution is 2.18. The van der Waals surface area contributed by atoms with E-state index in [4.69, 9.17) is 0 Å². The van der Waals surface area contributed by atoms with Gasteiger partial charge in [-0.3, -0.25) is 5.32 Å². The lowest BCUT2D eigenvalue weighted by Gasteiger charge is -2.28. The van der Waals surface area contributed by atoms with Crippen LogP contribution < -0.4 is 5.32 Å². The van der Waals surface area contributed by atoms with Gasteiger partial charge in [-0.05, 0) is 64.7 Å². The molecule has 3 heteroatoms. The van der Waals surface area contributed by atoms with E-state index in [1.165, 1.54) is 38.8 Å². The minimum atomic E-state index is -0.290. The molecule has 0 aromatic heterocycles. The molecule has 0 aliphatic carbocycles. The first-order valence-electron chi connectivity index (χ1n) is 8.15. The van der Waals surface area contributed by atoms with Crippen molar-refractivity contribution in [2.75, 3.05) is 26.2 Å². The van der Waals surface area contributed by atoms with E-state index in [-0.39, 0.29) is 5.54 Å². The second-order valence-electron chi connectivity index (χ2n) is 5.83. The number of hydrogen-bond acceptors (Lipinski definition) is 3. The lowest BCUT2D eigenvalue weighted by molar-refractivity contribution is 0.261. The van der Waals surface area contributed by atoms with Crippen LogP contribution >= 0.6 is 0 Å². The summed E-state index contributed by atoms with van der Waals surface area (Å²) in [7, 11) is 0. The van der Waals surface area contributed by atoms with Crippen LogP contribution in [0.1, 0.15) is 65.2 Å². The molecule has 0 amide bonds. The molecule has 0 bridgehead atoms. The van der Waals surface area contributed by atoms with Crippen molar-refractivity contribution in [3.63, 3.8) is 0 Å². The zero-order chi connectivity index (χ0) is 14.0. The summed E-state index contributed by atoms with van der Waals surface area (Å²) in [5, 5.41) is 12.9. The van der Waals surface area contributed by atoms with Gasteiger partial charge in [0.25, 0.3) is 0 Å². The predicted molar refractivity (Wildman–Crippen MR) is 81.1 cm³/mol. The Kier molecular flexibility index (Phi) is 8.09. The largest absolute Gasteiger partial charge is 0.303 e. The van der Waals surface area contributed by atoms with Gasteiger partial charge in [0.15, 0.2) is 0 Å². The quantitative estimate of drug-likeness (QED) is 0.732. The SMILES string of the molecule is CCCNC(C#N)(CC)CCCN1CCCCCC1. The third kappa shape index (κ3) is 5.93. The molecule has 1 saturated heterocycles. The molecule has 1 rings (SSSR count). The van der Waals surface area contributed by atoms with Gasteiger partial charge < -0.3 is 4.90 Å². The van der Waals surface area contributed by atoms with E-state index in [9.17, 15) is 5.26 Å². The molecule has 1 atom stereocenters. The fourth-order valence-corrected chi connectivity index (χ4v) is 2.89. The maximum atomic E-state index is 9.46. The van der Waals surface area contributed by atoms with Crippen molar-refractivity contribution in [3.05, 3.63) is 0 Å². The molecule has 3 nitrogen and oxygen atoms in total. The monoisotopic (exact) mass is 265 g/mol. The van der Waals surface area contributed by atoms with Crippen molar-refractivity contribution >= 4 is 0 Å². The van der Waals surface area contributed by atoms with E-state index in [0.29, 0.717) is 0 Å². The van der Waals surface area contributed by atoms with Gasteiger partial charge >= 0.3 is 0 Å². The molecule has 1 unspecified atom stereocenters. The molecule has 1 N–H and O–H groups in total. The molecule has 19 heavy (non-hydrogen) atoms. The predicted octanol–water partition coefficient (Wildman–Crippen LogP) is 3.31. The molecule has 0 aromatic carbocycles. The van der Waals surface area contributed by atoms with E-state index >= 15 is 0 Å². The molecule has 0 radical (unpaired) electrons. The number of likely N-dealkylation sites (tertiary alicyclic amines) is 1. The van der Waals surface area contributed by atoms with Crippen LogP contribution in [0.15, 0.2) is 0 Å². The summed E-state index contributed by atoms with van der Waals surface area (Å²) in [5.41, 5.74) is -0.290. The summed E-state index contributed by atoms with van der Waals surface area (Å²) in [6, 6.07) is 2.52. The van der Waals surface area contributed by atoms with Gasteiger partial charge in [0, 0.05) is 0 Å². The lowest BCUT2D eigenvalue weighted by atomic mass is 9.91. The fraction of sp³-hybridized carbons (Fsp3) is 0.938. The van der Waals surface area contributed by atoms with Gasteiger partial charge in [-0.15, -0.1) is 0 Å². The molecule has 1 heterocycles. The molecular weight excluding hydrogens is 234 g/mol. The van der Waals surface area contributed by atoms with Gasteiger partial charge in [-0.25, -0.2) is 0 Å². The van der Waals surface area contributed by atoms with Crippen molar-refractivity contribution in [2.45, 2.75) is 70.8 Å². The zero-order valence-corrected chi connectivity index (χ0v) is 12.9. The highest BCUT2D eigenvalue weighted by atomic mass is 15.1. The Morgan fingerprint density at radius 3 is 2.37 bits per heavy atom. The summed E-state index contributed by atoms with van der Waals surface area (Å²) in [6.07, 6.45) is 9.61. The summed E-state index contributed by atoms with van der Waals surface area (Å²) in [4.78, 5) is 2.59. The Morgan fingerprint density at radius 1 is 1.16 bits per heavy atom. The average molecular weight is 265 g/mol. The second kappa shape index (κ2) is 9.34. The number of nitrogens with one attached hydrogen (secondary N) is 1. The maximum absolute atomic E-state index is 9.46. The third-order valence-corrected chi connectivity index (χ3v) is 4.31. The van der Waals surface area contributed by atoms with Crippen LogP contribution in [0, 0.1) is 11.3 Å². The Balaban J connectivity index is 2.32. The lowest BCUT2D eigenvalue weighted by Crippen LogP contribution is -2.44. The number of nitrogens with zero attached hydrogens (tertiary/aromatic N) is 2. The van der Waals surface area contributed by atoms with Crippen LogP contribution in [0.5, 0.6) is 0 Å². The smallest absolute Gasteiger partial charge is 0.106 e. The Bertz CT molecular complexity index is 264. The zero-order valence-electron chi connectivity index (χ0n) is 12.9. The summed E-state index contributed by atoms with van der Waals surface area (Å²) >= 11 is 0. The van der Waals surface area contributed by atoms with Crippen LogP contribution in [0.2, 0.25) is 0 Å². The Morgan fingerprint density at radius 2 is 1.84 bits per heavy atom. The van der Waals surface area contributed by atoms with Crippen molar-refractivity contribution in [1.29, 1.82) is 5.26 Å². The van der Waals surface area contributed by atoms with Gasteiger partial charge in [0.05, 0.1) is 6.07 Å². The summed E-state index contributed by atoms with van der Waals surface area (Å²) < 4.78 is 0. The summed E-state index contributed by atoms with van der Waals surface area (Å²) in [6.45, 7) is 8.91. The standard InChI is InChI=1S/C16H31N3/c1-3-11-18-16(4-2,15-17)10-9-14-19-12-7-5-6-8-13-19/h18H,3-14H2,1-2H3. The first kappa shape index (κ1) is 16.5. The first-order chi connectivity index (χ1) is 9.26. The Labute approximate surface area is 119 Å². The van der Waals surface area contributed by atoms with Crippen molar-refractivity contribution < 1.29 is 0 Å². The normalized spacial score (nSPS) is 20.5. The van der Waals surface area contributed by atoms with Gasteiger partial charge in [0.2, 0.25) is 0 Å². The molecule has 0 saturated carbocycles. The van der Waals surface area contributed by atoms with Crippen LogP contribution in [0.3, 0.4) is 0 Å². The highest BCUT2D eigenvalue weighted by molar-refractivity contribution is 5.06. The minimum absolute atomic E-state index is 0.290. The Hall–Kier alpha value is -0.590. The molecule has 1 aliphatic heterocycles. The second-order valence-corrected chi connectivity index (χ2v) is 5.83. The van der Waals surface area contributed by atoms with E-state index in [0.717, 1.165) is 38.8 Å². The molecule has 0 aromatic rings. The van der Waals surface area contributed by atoms with Crippen LogP contribution in [0.4, 0.5) is 0 Å². The third-order valence-electron chi connectivity index (χ3n) is 4.31. The number of nitriles is 1. The minimum Gasteiger partial charge on any atom is -0.303 e. The van der Waals surface area contributed by atoms with Crippen LogP contribution in [-0.2, 0) is 0 Å². The molecular formula is C16H31N3. The highest BCUT2D eigenvalue weighted by Gasteiger charge is 2.26. The van der Waals surface area contributed by atoms with Crippen LogP contribution in [0.25, 0.3) is 0 Å². The van der Waals surface area contributed by atoms with E-state index in [1.54, 1.807) is 0 Å². The van der Waals surface area contributed by atoms with E-state index < -0.39 is 0 Å². The van der Waals surface area contributed by atoms with Crippen molar-refractivity contribution in [1.82, 2.24) is 10.2 Å². The average Bonchev–Trinajstić information content (AvgIpc) is 2.72. The van der Waals surface area contributed by atoms with Crippen molar-refractivity contribution in [2.24, 2.45) is 0 Å². The van der Waals surface area contributed by atoms with Gasteiger partial charge in [0.1, 0.15) is 5.54 Å². The number of hydrogen-bond donors (Lipinski definition) is 1. The topological polar surface area (TPSA) is 39.1 Å². The molecule has 110 valence electrons.